The second-order valence-corrected chi connectivity index (χ2v) is 8.42. The van der Waals surface area contributed by atoms with Crippen LogP contribution >= 0.6 is 0 Å². The summed E-state index contributed by atoms with van der Waals surface area (Å²) in [6.07, 6.45) is 5.38. The van der Waals surface area contributed by atoms with Crippen LogP contribution in [-0.4, -0.2) is 57.9 Å². The van der Waals surface area contributed by atoms with Crippen LogP contribution in [0.2, 0.25) is 0 Å². The highest BCUT2D eigenvalue weighted by Gasteiger charge is 2.21. The van der Waals surface area contributed by atoms with Gasteiger partial charge in [0.15, 0.2) is 5.82 Å². The van der Waals surface area contributed by atoms with Crippen LogP contribution in [0.1, 0.15) is 55.4 Å². The number of piperidine rings is 1. The molecular weight excluding hydrogens is 406 g/mol. The van der Waals surface area contributed by atoms with Crippen molar-refractivity contribution in [3.63, 3.8) is 0 Å². The first-order chi connectivity index (χ1) is 15.6. The van der Waals surface area contributed by atoms with Crippen molar-refractivity contribution in [3.8, 4) is 6.01 Å². The van der Waals surface area contributed by atoms with Crippen molar-refractivity contribution in [1.82, 2.24) is 19.9 Å². The highest BCUT2D eigenvalue weighted by molar-refractivity contribution is 5.88. The maximum Gasteiger partial charge on any atom is 0.319 e. The van der Waals surface area contributed by atoms with Crippen LogP contribution in [0, 0.1) is 0 Å². The van der Waals surface area contributed by atoms with Gasteiger partial charge in [-0.05, 0) is 30.4 Å². The molecule has 1 saturated heterocycles. The van der Waals surface area contributed by atoms with Crippen LogP contribution in [0.5, 0.6) is 6.01 Å². The van der Waals surface area contributed by atoms with Gasteiger partial charge in [-0.25, -0.2) is 0 Å². The molecule has 172 valence electrons. The van der Waals surface area contributed by atoms with Crippen LogP contribution in [0.3, 0.4) is 0 Å². The van der Waals surface area contributed by atoms with E-state index in [1.165, 1.54) is 5.56 Å². The summed E-state index contributed by atoms with van der Waals surface area (Å²) >= 11 is 0. The molecule has 0 radical (unpaired) electrons. The molecule has 8 nitrogen and oxygen atoms in total. The van der Waals surface area contributed by atoms with Crippen molar-refractivity contribution in [1.29, 1.82) is 0 Å². The molecule has 3 aromatic rings. The molecule has 0 bridgehead atoms. The molecule has 1 aliphatic heterocycles. The highest BCUT2D eigenvalue weighted by Crippen LogP contribution is 2.31. The molecule has 32 heavy (non-hydrogen) atoms. The number of ether oxygens (including phenoxy) is 2. The maximum absolute atomic E-state index is 11.1. The fourth-order valence-corrected chi connectivity index (χ4v) is 4.15. The number of hydrogen-bond acceptors (Lipinski definition) is 7. The molecule has 0 amide bonds. The fraction of sp³-hybridized carbons (Fsp3) is 0.500. The minimum Gasteiger partial charge on any atom is -0.463 e. The third-order valence-corrected chi connectivity index (χ3v) is 6.16. The van der Waals surface area contributed by atoms with Crippen molar-refractivity contribution in [2.24, 2.45) is 0 Å². The topological polar surface area (TPSA) is 110 Å². The van der Waals surface area contributed by atoms with E-state index in [0.717, 1.165) is 50.9 Å². The molecule has 0 aliphatic carbocycles. The quantitative estimate of drug-likeness (QED) is 0.438. The van der Waals surface area contributed by atoms with Crippen molar-refractivity contribution in [2.75, 3.05) is 32.5 Å². The summed E-state index contributed by atoms with van der Waals surface area (Å²) in [4.78, 5) is 14.3. The molecule has 1 unspecified atom stereocenters. The molecule has 1 atom stereocenters. The van der Waals surface area contributed by atoms with Gasteiger partial charge in [0.1, 0.15) is 17.1 Å². The van der Waals surface area contributed by atoms with Gasteiger partial charge in [-0.3, -0.25) is 4.90 Å². The van der Waals surface area contributed by atoms with Crippen LogP contribution in [0.15, 0.2) is 30.5 Å². The standard InChI is InChI=1S/C24H33N5O3/c1-3-4-13-32-24-27-20-19(14-26-21(20)23(25)28-24)22(30)17-7-5-16(6-8-17)15-29-11-9-18(31-2)10-12-29/h5-8,14,18,22,26,30H,3-4,9-13,15H2,1-2H3,(H2,25,27,28). The van der Waals surface area contributed by atoms with Gasteiger partial charge < -0.3 is 25.3 Å². The minimum absolute atomic E-state index is 0.240. The smallest absolute Gasteiger partial charge is 0.319 e. The summed E-state index contributed by atoms with van der Waals surface area (Å²) in [5, 5.41) is 11.1. The Morgan fingerprint density at radius 3 is 2.66 bits per heavy atom. The second kappa shape index (κ2) is 10.3. The van der Waals surface area contributed by atoms with Gasteiger partial charge in [-0.15, -0.1) is 0 Å². The van der Waals surface area contributed by atoms with Gasteiger partial charge in [0.2, 0.25) is 0 Å². The van der Waals surface area contributed by atoms with Gasteiger partial charge in [-0.2, -0.15) is 9.97 Å². The van der Waals surface area contributed by atoms with Crippen molar-refractivity contribution in [3.05, 3.63) is 47.2 Å². The van der Waals surface area contributed by atoms with E-state index < -0.39 is 6.10 Å². The lowest BCUT2D eigenvalue weighted by atomic mass is 10.0. The predicted molar refractivity (Wildman–Crippen MR) is 125 cm³/mol. The van der Waals surface area contributed by atoms with Crippen LogP contribution in [-0.2, 0) is 11.3 Å². The van der Waals surface area contributed by atoms with E-state index >= 15 is 0 Å². The number of benzene rings is 1. The Hall–Kier alpha value is -2.68. The second-order valence-electron chi connectivity index (χ2n) is 8.42. The Morgan fingerprint density at radius 1 is 1.22 bits per heavy atom. The number of aliphatic hydroxyl groups is 1. The van der Waals surface area contributed by atoms with E-state index in [1.807, 2.05) is 12.1 Å². The minimum atomic E-state index is -0.826. The lowest BCUT2D eigenvalue weighted by Crippen LogP contribution is -2.36. The monoisotopic (exact) mass is 439 g/mol. The number of nitrogens with one attached hydrogen (secondary N) is 1. The number of aromatic nitrogens is 3. The molecule has 4 N–H and O–H groups in total. The Labute approximate surface area is 188 Å². The number of likely N-dealkylation sites (tertiary alicyclic amines) is 1. The Bertz CT molecular complexity index is 1010. The largest absolute Gasteiger partial charge is 0.463 e. The zero-order chi connectivity index (χ0) is 22.5. The number of unbranched alkanes of at least 4 members (excludes halogenated alkanes) is 1. The van der Waals surface area contributed by atoms with Gasteiger partial charge in [0.25, 0.3) is 0 Å². The molecule has 0 saturated carbocycles. The number of nitrogens with two attached hydrogens (primary N) is 1. The predicted octanol–water partition coefficient (Wildman–Crippen LogP) is 3.41. The molecule has 8 heteroatoms. The van der Waals surface area contributed by atoms with E-state index in [4.69, 9.17) is 15.2 Å². The van der Waals surface area contributed by atoms with E-state index in [1.54, 1.807) is 13.3 Å². The third kappa shape index (κ3) is 5.03. The average molecular weight is 440 g/mol. The van der Waals surface area contributed by atoms with Crippen molar-refractivity contribution >= 4 is 16.9 Å². The number of anilines is 1. The molecule has 4 rings (SSSR count). The third-order valence-electron chi connectivity index (χ3n) is 6.16. The lowest BCUT2D eigenvalue weighted by Gasteiger charge is -2.31. The molecule has 2 aromatic heterocycles. The van der Waals surface area contributed by atoms with Crippen LogP contribution in [0.4, 0.5) is 5.82 Å². The maximum atomic E-state index is 11.1. The molecule has 1 aliphatic rings. The zero-order valence-electron chi connectivity index (χ0n) is 18.9. The summed E-state index contributed by atoms with van der Waals surface area (Å²) in [5.74, 6) is 0.313. The molecular formula is C24H33N5O3. The first-order valence-corrected chi connectivity index (χ1v) is 11.4. The van der Waals surface area contributed by atoms with Gasteiger partial charge >= 0.3 is 6.01 Å². The zero-order valence-corrected chi connectivity index (χ0v) is 18.9. The fourth-order valence-electron chi connectivity index (χ4n) is 4.15. The van der Waals surface area contributed by atoms with E-state index in [-0.39, 0.29) is 6.01 Å². The number of methoxy groups -OCH3 is 1. The summed E-state index contributed by atoms with van der Waals surface area (Å²) in [6.45, 7) is 5.62. The number of aromatic amines is 1. The van der Waals surface area contributed by atoms with Gasteiger partial charge in [0.05, 0.1) is 12.7 Å². The average Bonchev–Trinajstić information content (AvgIpc) is 3.24. The number of nitrogen functional groups attached to an aromatic ring is 1. The number of fused-ring (bicyclic) bond motifs is 1. The van der Waals surface area contributed by atoms with E-state index in [9.17, 15) is 5.11 Å². The molecule has 0 spiro atoms. The number of rotatable bonds is 9. The molecule has 3 heterocycles. The van der Waals surface area contributed by atoms with E-state index in [0.29, 0.717) is 35.1 Å². The normalized spacial score (nSPS) is 16.5. The summed E-state index contributed by atoms with van der Waals surface area (Å²) in [5.41, 5.74) is 9.97. The number of hydrogen-bond donors (Lipinski definition) is 3. The Morgan fingerprint density at radius 2 is 1.97 bits per heavy atom. The van der Waals surface area contributed by atoms with Gasteiger partial charge in [0, 0.05) is 38.5 Å². The van der Waals surface area contributed by atoms with Crippen LogP contribution in [0.25, 0.3) is 11.0 Å². The number of nitrogens with zero attached hydrogens (tertiary/aromatic N) is 3. The first-order valence-electron chi connectivity index (χ1n) is 11.4. The highest BCUT2D eigenvalue weighted by atomic mass is 16.5. The van der Waals surface area contributed by atoms with Crippen molar-refractivity contribution < 1.29 is 14.6 Å². The summed E-state index contributed by atoms with van der Waals surface area (Å²) < 4.78 is 11.1. The number of H-pyrrole nitrogens is 1. The van der Waals surface area contributed by atoms with Crippen LogP contribution < -0.4 is 10.5 Å². The molecule has 1 fully saturated rings. The van der Waals surface area contributed by atoms with E-state index in [2.05, 4.69) is 38.9 Å². The Balaban J connectivity index is 1.47. The lowest BCUT2D eigenvalue weighted by molar-refractivity contribution is 0.0388. The summed E-state index contributed by atoms with van der Waals surface area (Å²) in [6, 6.07) is 8.36. The first kappa shape index (κ1) is 22.5. The van der Waals surface area contributed by atoms with Crippen molar-refractivity contribution in [2.45, 2.75) is 51.4 Å². The van der Waals surface area contributed by atoms with Gasteiger partial charge in [-0.1, -0.05) is 37.6 Å². The Kier molecular flexibility index (Phi) is 7.24. The SMILES string of the molecule is CCCCOc1nc(N)c2[nH]cc(C(O)c3ccc(CN4CCC(OC)CC4)cc3)c2n1. The number of aliphatic hydroxyl groups excluding tert-OH is 1. The summed E-state index contributed by atoms with van der Waals surface area (Å²) in [7, 11) is 1.79. The molecule has 1 aromatic carbocycles.